The van der Waals surface area contributed by atoms with Crippen LogP contribution in [0.2, 0.25) is 0 Å². The van der Waals surface area contributed by atoms with Crippen LogP contribution in [0.15, 0.2) is 36.4 Å². The fraction of sp³-hybridized carbons (Fsp3) is 0.360. The normalized spacial score (nSPS) is 26.9. The molecule has 0 radical (unpaired) electrons. The number of fused-ring (bicyclic) bond motifs is 2. The van der Waals surface area contributed by atoms with Crippen LogP contribution in [0.25, 0.3) is 11.0 Å². The first kappa shape index (κ1) is 22.7. The quantitative estimate of drug-likeness (QED) is 0.543. The summed E-state index contributed by atoms with van der Waals surface area (Å²) < 4.78 is 48.1. The minimum absolute atomic E-state index is 0.0577. The zero-order valence-electron chi connectivity index (χ0n) is 19.6. The van der Waals surface area contributed by atoms with E-state index in [4.69, 9.17) is 10.5 Å². The first-order valence-corrected chi connectivity index (χ1v) is 11.4. The van der Waals surface area contributed by atoms with Crippen LogP contribution in [0.3, 0.4) is 0 Å². The Bertz CT molecular complexity index is 1490. The van der Waals surface area contributed by atoms with Gasteiger partial charge in [0.05, 0.1) is 35.4 Å². The number of nitrogens with two attached hydrogens (primary N) is 1. The van der Waals surface area contributed by atoms with E-state index in [-0.39, 0.29) is 23.8 Å². The summed E-state index contributed by atoms with van der Waals surface area (Å²) in [4.78, 5) is 33.3. The number of amides is 1. The van der Waals surface area contributed by atoms with Gasteiger partial charge in [0.2, 0.25) is 5.91 Å². The van der Waals surface area contributed by atoms with Crippen LogP contribution in [0.1, 0.15) is 27.2 Å². The number of carbonyl (C=O) groups is 2. The molecule has 0 aliphatic carbocycles. The molecule has 3 aliphatic heterocycles. The largest absolute Gasteiger partial charge is 0.417 e. The molecule has 0 unspecified atom stereocenters. The number of benzene rings is 1. The van der Waals surface area contributed by atoms with Crippen molar-refractivity contribution < 1.29 is 27.5 Å². The van der Waals surface area contributed by atoms with Gasteiger partial charge in [-0.3, -0.25) is 9.59 Å². The van der Waals surface area contributed by atoms with Gasteiger partial charge in [-0.15, -0.1) is 5.10 Å². The number of pyridine rings is 1. The van der Waals surface area contributed by atoms with Gasteiger partial charge in [0.15, 0.2) is 11.5 Å². The Balaban J connectivity index is 1.44. The van der Waals surface area contributed by atoms with Gasteiger partial charge in [-0.2, -0.15) is 17.9 Å². The topological polar surface area (TPSA) is 103 Å². The van der Waals surface area contributed by atoms with Crippen LogP contribution in [0.5, 0.6) is 0 Å². The molecule has 1 spiro atoms. The fourth-order valence-electron chi connectivity index (χ4n) is 5.89. The van der Waals surface area contributed by atoms with E-state index in [9.17, 15) is 22.8 Å². The second kappa shape index (κ2) is 7.16. The van der Waals surface area contributed by atoms with Crippen molar-refractivity contribution in [1.82, 2.24) is 14.8 Å². The predicted molar refractivity (Wildman–Crippen MR) is 124 cm³/mol. The number of carbonyl (C=O) groups excluding carboxylic acids is 2. The molecule has 1 aromatic carbocycles. The number of nitrogen functional groups attached to an aromatic ring is 1. The van der Waals surface area contributed by atoms with E-state index < -0.39 is 52.4 Å². The molecule has 3 aliphatic rings. The van der Waals surface area contributed by atoms with Crippen LogP contribution in [0.4, 0.5) is 24.7 Å². The van der Waals surface area contributed by atoms with Crippen LogP contribution in [0, 0.1) is 32.6 Å². The summed E-state index contributed by atoms with van der Waals surface area (Å²) in [5, 5.41) is 3.51. The molecule has 5 heterocycles. The average Bonchev–Trinajstić information content (AvgIpc) is 3.50. The molecule has 2 aromatic heterocycles. The third-order valence-corrected chi connectivity index (χ3v) is 7.21. The number of nitrogens with zero attached hydrogens (tertiary/aromatic N) is 4. The zero-order chi connectivity index (χ0) is 25.7. The van der Waals surface area contributed by atoms with Crippen LogP contribution in [-0.4, -0.2) is 44.8 Å². The minimum Gasteiger partial charge on any atom is -0.382 e. The van der Waals surface area contributed by atoms with Gasteiger partial charge in [-0.05, 0) is 50.1 Å². The maximum Gasteiger partial charge on any atom is 0.417 e. The average molecular weight is 497 g/mol. The summed E-state index contributed by atoms with van der Waals surface area (Å²) in [6, 6.07) is 6.65. The van der Waals surface area contributed by atoms with Crippen molar-refractivity contribution in [3.63, 3.8) is 0 Å². The summed E-state index contributed by atoms with van der Waals surface area (Å²) in [5.41, 5.74) is 6.28. The van der Waals surface area contributed by atoms with Crippen molar-refractivity contribution in [2.24, 2.45) is 11.8 Å². The standard InChI is InChI=1S/C25H22F3N5O3/c1-11-6-12(2)8-14(7-11)32-10-24-5-4-16(36-24)18(19(24)23(32)35)22(34)33-21-17(20(29)31-33)15(25(26,27)28)9-13(3)30-21/h4-9,16,18-19H,10H2,1-3H3,(H2,29,31)/t16-,18-,19-,24-/m1/s1. The first-order chi connectivity index (χ1) is 16.9. The highest BCUT2D eigenvalue weighted by atomic mass is 19.4. The third kappa shape index (κ3) is 3.05. The van der Waals surface area contributed by atoms with Gasteiger partial charge in [-0.1, -0.05) is 18.2 Å². The molecular formula is C25H22F3N5O3. The highest BCUT2D eigenvalue weighted by Crippen LogP contribution is 2.53. The van der Waals surface area contributed by atoms with E-state index in [2.05, 4.69) is 10.1 Å². The summed E-state index contributed by atoms with van der Waals surface area (Å²) in [6.45, 7) is 5.49. The van der Waals surface area contributed by atoms with Crippen molar-refractivity contribution in [3.8, 4) is 0 Å². The number of hydrogen-bond acceptors (Lipinski definition) is 6. The monoisotopic (exact) mass is 497 g/mol. The Morgan fingerprint density at radius 1 is 1.17 bits per heavy atom. The summed E-state index contributed by atoms with van der Waals surface area (Å²) in [7, 11) is 0. The second-order valence-corrected chi connectivity index (χ2v) is 9.81. The maximum absolute atomic E-state index is 13.8. The molecule has 3 aromatic rings. The number of aromatic nitrogens is 3. The van der Waals surface area contributed by atoms with Crippen LogP contribution < -0.4 is 10.6 Å². The Hall–Kier alpha value is -3.73. The van der Waals surface area contributed by atoms with E-state index in [1.807, 2.05) is 38.1 Å². The number of alkyl halides is 3. The first-order valence-electron chi connectivity index (χ1n) is 11.4. The van der Waals surface area contributed by atoms with Gasteiger partial charge in [0, 0.05) is 11.4 Å². The highest BCUT2D eigenvalue weighted by Gasteiger charge is 2.67. The zero-order valence-corrected chi connectivity index (χ0v) is 19.6. The van der Waals surface area contributed by atoms with Crippen molar-refractivity contribution in [3.05, 3.63) is 58.8 Å². The molecule has 8 nitrogen and oxygen atoms in total. The SMILES string of the molecule is Cc1cc(C)cc(N2C[C@@]34C=C[C@@H](O3)[C@@H](C(=O)n3nc(N)c5c(C(F)(F)F)cc(C)nc53)[C@@H]4C2=O)c1. The summed E-state index contributed by atoms with van der Waals surface area (Å²) in [5.74, 6) is -3.26. The molecular weight excluding hydrogens is 475 g/mol. The second-order valence-electron chi connectivity index (χ2n) is 9.81. The number of anilines is 2. The Labute approximate surface area is 203 Å². The van der Waals surface area contributed by atoms with Crippen molar-refractivity contribution >= 4 is 34.4 Å². The number of rotatable bonds is 2. The number of aryl methyl sites for hydroxylation is 3. The maximum atomic E-state index is 13.8. The molecule has 6 rings (SSSR count). The van der Waals surface area contributed by atoms with Gasteiger partial charge in [0.1, 0.15) is 5.60 Å². The molecule has 186 valence electrons. The molecule has 2 saturated heterocycles. The number of ether oxygens (including phenoxy) is 1. The lowest BCUT2D eigenvalue weighted by molar-refractivity contribution is -0.136. The molecule has 0 saturated carbocycles. The highest BCUT2D eigenvalue weighted by molar-refractivity contribution is 6.05. The molecule has 2 N–H and O–H groups in total. The summed E-state index contributed by atoms with van der Waals surface area (Å²) >= 11 is 0. The van der Waals surface area contributed by atoms with Gasteiger partial charge < -0.3 is 15.4 Å². The lowest BCUT2D eigenvalue weighted by Crippen LogP contribution is -2.41. The van der Waals surface area contributed by atoms with Crippen molar-refractivity contribution in [1.29, 1.82) is 0 Å². The van der Waals surface area contributed by atoms with Crippen molar-refractivity contribution in [2.75, 3.05) is 17.2 Å². The van der Waals surface area contributed by atoms with E-state index in [0.717, 1.165) is 21.9 Å². The third-order valence-electron chi connectivity index (χ3n) is 7.21. The molecule has 11 heteroatoms. The molecule has 4 atom stereocenters. The van der Waals surface area contributed by atoms with Gasteiger partial charge in [-0.25, -0.2) is 4.98 Å². The Morgan fingerprint density at radius 2 is 1.86 bits per heavy atom. The predicted octanol–water partition coefficient (Wildman–Crippen LogP) is 3.58. The minimum atomic E-state index is -4.72. The Morgan fingerprint density at radius 3 is 2.53 bits per heavy atom. The smallest absolute Gasteiger partial charge is 0.382 e. The lowest BCUT2D eigenvalue weighted by Gasteiger charge is -2.23. The van der Waals surface area contributed by atoms with Crippen LogP contribution in [-0.2, 0) is 15.7 Å². The van der Waals surface area contributed by atoms with E-state index >= 15 is 0 Å². The molecule has 36 heavy (non-hydrogen) atoms. The molecule has 2 fully saturated rings. The van der Waals surface area contributed by atoms with Crippen LogP contribution >= 0.6 is 0 Å². The van der Waals surface area contributed by atoms with Gasteiger partial charge >= 0.3 is 6.18 Å². The summed E-state index contributed by atoms with van der Waals surface area (Å²) in [6.07, 6.45) is -1.88. The molecule has 2 bridgehead atoms. The Kier molecular flexibility index (Phi) is 4.52. The van der Waals surface area contributed by atoms with E-state index in [1.165, 1.54) is 6.92 Å². The fourth-order valence-corrected chi connectivity index (χ4v) is 5.89. The van der Waals surface area contributed by atoms with E-state index in [0.29, 0.717) is 5.69 Å². The van der Waals surface area contributed by atoms with E-state index in [1.54, 1.807) is 11.0 Å². The van der Waals surface area contributed by atoms with Gasteiger partial charge in [0.25, 0.3) is 5.91 Å². The lowest BCUT2D eigenvalue weighted by atomic mass is 9.77. The molecule has 1 amide bonds. The van der Waals surface area contributed by atoms with Crippen molar-refractivity contribution in [2.45, 2.75) is 38.7 Å². The number of hydrogen-bond donors (Lipinski definition) is 1. The number of halogens is 3.